The molecule has 2 aromatic rings. The Balaban J connectivity index is 0.000000128. The van der Waals surface area contributed by atoms with Gasteiger partial charge >= 0.3 is 0 Å². The van der Waals surface area contributed by atoms with E-state index in [1.165, 1.54) is 94.0 Å². The van der Waals surface area contributed by atoms with Crippen LogP contribution in [-0.2, 0) is 0 Å². The van der Waals surface area contributed by atoms with Gasteiger partial charge in [-0.15, -0.1) is 0 Å². The Bertz CT molecular complexity index is 887. The van der Waals surface area contributed by atoms with E-state index >= 15 is 0 Å². The third-order valence-corrected chi connectivity index (χ3v) is 8.59. The fourth-order valence-electron chi connectivity index (χ4n) is 5.74. The molecule has 0 spiro atoms. The van der Waals surface area contributed by atoms with Crippen molar-refractivity contribution >= 4 is 29.1 Å². The quantitative estimate of drug-likeness (QED) is 0.624. The molecule has 0 atom stereocenters. The van der Waals surface area contributed by atoms with Crippen LogP contribution in [0.25, 0.3) is 6.08 Å². The van der Waals surface area contributed by atoms with Crippen molar-refractivity contribution in [3.8, 4) is 11.8 Å². The molecule has 6 rings (SSSR count). The molecule has 6 heterocycles. The maximum Gasteiger partial charge on any atom is 0.0975 e. The summed E-state index contributed by atoms with van der Waals surface area (Å²) in [6.07, 6.45) is 19.0. The van der Waals surface area contributed by atoms with E-state index in [9.17, 15) is 0 Å². The van der Waals surface area contributed by atoms with E-state index in [2.05, 4.69) is 48.6 Å². The van der Waals surface area contributed by atoms with E-state index in [4.69, 9.17) is 0 Å². The molecular formula is C24H30N4S2. The zero-order valence-electron chi connectivity index (χ0n) is 17.6. The van der Waals surface area contributed by atoms with Crippen LogP contribution >= 0.6 is 23.1 Å². The summed E-state index contributed by atoms with van der Waals surface area (Å²) in [5.41, 5.74) is 0.633. The predicted molar refractivity (Wildman–Crippen MR) is 126 cm³/mol. The first-order valence-corrected chi connectivity index (χ1v) is 12.9. The molecular weight excluding hydrogens is 408 g/mol. The van der Waals surface area contributed by atoms with Gasteiger partial charge in [0, 0.05) is 22.8 Å². The van der Waals surface area contributed by atoms with Gasteiger partial charge in [0.2, 0.25) is 0 Å². The van der Waals surface area contributed by atoms with Gasteiger partial charge in [-0.1, -0.05) is 17.9 Å². The molecule has 4 nitrogen and oxygen atoms in total. The number of rotatable bonds is 2. The van der Waals surface area contributed by atoms with Crippen LogP contribution in [-0.4, -0.2) is 55.8 Å². The maximum atomic E-state index is 4.13. The summed E-state index contributed by atoms with van der Waals surface area (Å²) < 4.78 is 8.20. The predicted octanol–water partition coefficient (Wildman–Crippen LogP) is 4.91. The van der Waals surface area contributed by atoms with Crippen molar-refractivity contribution in [2.45, 2.75) is 62.4 Å². The molecule has 0 amide bonds. The third kappa shape index (κ3) is 4.13. The summed E-state index contributed by atoms with van der Waals surface area (Å²) in [6, 6.07) is 4.09. The van der Waals surface area contributed by atoms with Gasteiger partial charge < -0.3 is 0 Å². The Morgan fingerprint density at radius 2 is 1.50 bits per heavy atom. The number of hydrogen-bond donors (Lipinski definition) is 0. The minimum Gasteiger partial charge on any atom is -0.294 e. The summed E-state index contributed by atoms with van der Waals surface area (Å²) in [5.74, 6) is 6.80. The van der Waals surface area contributed by atoms with Gasteiger partial charge in [-0.2, -0.15) is 4.37 Å². The fraction of sp³-hybridized carbons (Fsp3) is 0.583. The summed E-state index contributed by atoms with van der Waals surface area (Å²) in [7, 11) is 0. The maximum absolute atomic E-state index is 4.13. The minimum atomic E-state index is 0.226. The fourth-order valence-corrected chi connectivity index (χ4v) is 6.69. The summed E-state index contributed by atoms with van der Waals surface area (Å²) >= 11 is 3.08. The van der Waals surface area contributed by atoms with Gasteiger partial charge in [-0.3, -0.25) is 9.80 Å². The van der Waals surface area contributed by atoms with Crippen molar-refractivity contribution in [2.75, 3.05) is 26.2 Å². The molecule has 2 aromatic heterocycles. The highest BCUT2D eigenvalue weighted by Gasteiger charge is 2.43. The van der Waals surface area contributed by atoms with Crippen molar-refractivity contribution in [2.24, 2.45) is 0 Å². The molecule has 0 saturated carbocycles. The molecule has 6 heteroatoms. The van der Waals surface area contributed by atoms with Crippen molar-refractivity contribution in [1.29, 1.82) is 0 Å². The van der Waals surface area contributed by atoms with Crippen molar-refractivity contribution in [3.63, 3.8) is 0 Å². The standard InChI is InChI=1S/C12H16N2S.C12H14N2S/c2*1-5-12(6-2-10-14(12)9-1)7-3-11-4-8-13-15-11/h3-4,7-8H,1-2,5-6,9-10H2;4,8H,1-2,5-6,9-10H2. The van der Waals surface area contributed by atoms with E-state index in [0.29, 0.717) is 5.54 Å². The lowest BCUT2D eigenvalue weighted by atomic mass is 9.93. The highest BCUT2D eigenvalue weighted by Crippen LogP contribution is 2.40. The smallest absolute Gasteiger partial charge is 0.0975 e. The second-order valence-corrected chi connectivity index (χ2v) is 10.6. The zero-order valence-corrected chi connectivity index (χ0v) is 19.2. The largest absolute Gasteiger partial charge is 0.294 e. The Labute approximate surface area is 188 Å². The van der Waals surface area contributed by atoms with Crippen LogP contribution in [0, 0.1) is 11.8 Å². The van der Waals surface area contributed by atoms with Crippen molar-refractivity contribution in [1.82, 2.24) is 18.5 Å². The number of aromatic nitrogens is 2. The van der Waals surface area contributed by atoms with Crippen LogP contribution in [0.3, 0.4) is 0 Å². The normalized spacial score (nSPS) is 24.3. The first-order valence-electron chi connectivity index (χ1n) is 11.3. The van der Waals surface area contributed by atoms with Crippen LogP contribution in [0.2, 0.25) is 0 Å². The molecule has 0 aliphatic carbocycles. The van der Waals surface area contributed by atoms with Gasteiger partial charge in [-0.05, 0) is 119 Å². The number of hydrogen-bond acceptors (Lipinski definition) is 6. The van der Waals surface area contributed by atoms with Gasteiger partial charge in [0.15, 0.2) is 0 Å². The lowest BCUT2D eigenvalue weighted by molar-refractivity contribution is 0.251. The molecule has 0 radical (unpaired) electrons. The molecule has 158 valence electrons. The van der Waals surface area contributed by atoms with Gasteiger partial charge in [-0.25, -0.2) is 4.37 Å². The molecule has 0 aromatic carbocycles. The zero-order chi connectivity index (χ0) is 20.3. The van der Waals surface area contributed by atoms with Crippen LogP contribution in [0.5, 0.6) is 0 Å². The van der Waals surface area contributed by atoms with Crippen molar-refractivity contribution < 1.29 is 0 Å². The van der Waals surface area contributed by atoms with E-state index in [-0.39, 0.29) is 5.54 Å². The lowest BCUT2D eigenvalue weighted by Gasteiger charge is -2.28. The number of nitrogens with zero attached hydrogens (tertiary/aromatic N) is 4. The second kappa shape index (κ2) is 8.92. The van der Waals surface area contributed by atoms with E-state index in [1.54, 1.807) is 11.5 Å². The molecule has 30 heavy (non-hydrogen) atoms. The lowest BCUT2D eigenvalue weighted by Crippen LogP contribution is -2.36. The molecule has 0 unspecified atom stereocenters. The number of fused-ring (bicyclic) bond motifs is 2. The van der Waals surface area contributed by atoms with Crippen LogP contribution in [0.1, 0.15) is 61.1 Å². The molecule has 4 fully saturated rings. The van der Waals surface area contributed by atoms with Gasteiger partial charge in [0.05, 0.1) is 10.4 Å². The first kappa shape index (κ1) is 20.4. The average Bonchev–Trinajstić information content (AvgIpc) is 3.56. The molecule has 0 N–H and O–H groups in total. The highest BCUT2D eigenvalue weighted by atomic mass is 32.1. The Morgan fingerprint density at radius 3 is 2.17 bits per heavy atom. The average molecular weight is 439 g/mol. The molecule has 4 aliphatic heterocycles. The van der Waals surface area contributed by atoms with E-state index in [1.807, 2.05) is 18.5 Å². The van der Waals surface area contributed by atoms with Gasteiger partial charge in [0.25, 0.3) is 0 Å². The van der Waals surface area contributed by atoms with E-state index < -0.39 is 0 Å². The highest BCUT2D eigenvalue weighted by molar-refractivity contribution is 7.06. The Morgan fingerprint density at radius 1 is 0.833 bits per heavy atom. The first-order chi connectivity index (χ1) is 14.8. The molecule has 0 bridgehead atoms. The summed E-state index contributed by atoms with van der Waals surface area (Å²) in [4.78, 5) is 7.61. The molecule has 4 aliphatic rings. The van der Waals surface area contributed by atoms with Crippen LogP contribution in [0.4, 0.5) is 0 Å². The summed E-state index contributed by atoms with van der Waals surface area (Å²) in [5, 5.41) is 0. The van der Waals surface area contributed by atoms with Gasteiger partial charge in [0.1, 0.15) is 0 Å². The Kier molecular flexibility index (Phi) is 6.06. The Hall–Kier alpha value is -1.52. The minimum absolute atomic E-state index is 0.226. The molecule has 4 saturated heterocycles. The second-order valence-electron chi connectivity index (χ2n) is 8.90. The summed E-state index contributed by atoms with van der Waals surface area (Å²) in [6.45, 7) is 5.09. The van der Waals surface area contributed by atoms with Crippen molar-refractivity contribution in [3.05, 3.63) is 40.4 Å². The topological polar surface area (TPSA) is 32.3 Å². The van der Waals surface area contributed by atoms with Crippen LogP contribution in [0.15, 0.2) is 30.6 Å². The SMILES string of the molecule is C(#CC12CCCN1CCC2)c1ccns1.C(=CC12CCCN1CCC2)c1ccns1. The van der Waals surface area contributed by atoms with Crippen LogP contribution < -0.4 is 0 Å². The van der Waals surface area contributed by atoms with E-state index in [0.717, 1.165) is 4.88 Å². The third-order valence-electron chi connectivity index (χ3n) is 7.22. The monoisotopic (exact) mass is 438 g/mol.